The molecule has 0 amide bonds. The zero-order chi connectivity index (χ0) is 17.3. The number of aromatic amines is 1. The van der Waals surface area contributed by atoms with E-state index in [1.54, 1.807) is 23.2 Å². The highest BCUT2D eigenvalue weighted by atomic mass is 35.5. The van der Waals surface area contributed by atoms with Gasteiger partial charge in [0.15, 0.2) is 0 Å². The van der Waals surface area contributed by atoms with Crippen molar-refractivity contribution in [2.75, 3.05) is 37.0 Å². The minimum Gasteiger partial charge on any atom is -0.355 e. The molecule has 0 bridgehead atoms. The Morgan fingerprint density at radius 3 is 3.00 bits per heavy atom. The number of halogens is 1. The minimum atomic E-state index is -0.162. The summed E-state index contributed by atoms with van der Waals surface area (Å²) >= 11 is 6.27. The van der Waals surface area contributed by atoms with Crippen molar-refractivity contribution in [1.29, 1.82) is 5.26 Å². The molecule has 2 aromatic rings. The van der Waals surface area contributed by atoms with Crippen LogP contribution in [-0.2, 0) is 0 Å². The van der Waals surface area contributed by atoms with Crippen molar-refractivity contribution in [3.05, 3.63) is 45.0 Å². The molecule has 2 aromatic heterocycles. The first-order chi connectivity index (χ1) is 11.5. The molecule has 1 fully saturated rings. The first-order valence-electron chi connectivity index (χ1n) is 7.57. The van der Waals surface area contributed by atoms with Gasteiger partial charge in [0.2, 0.25) is 5.95 Å². The summed E-state index contributed by atoms with van der Waals surface area (Å²) in [6.45, 7) is 1.41. The van der Waals surface area contributed by atoms with Gasteiger partial charge in [0.05, 0.1) is 11.3 Å². The number of pyridine rings is 1. The number of nitrogens with one attached hydrogen (secondary N) is 1. The average Bonchev–Trinajstić information content (AvgIpc) is 3.04. The van der Waals surface area contributed by atoms with Crippen molar-refractivity contribution < 1.29 is 0 Å². The Kier molecular flexibility index (Phi) is 4.40. The molecule has 7 nitrogen and oxygen atoms in total. The van der Waals surface area contributed by atoms with Crippen LogP contribution in [0.5, 0.6) is 0 Å². The Morgan fingerprint density at radius 1 is 1.50 bits per heavy atom. The summed E-state index contributed by atoms with van der Waals surface area (Å²) in [5.41, 5.74) is 1.01. The largest absolute Gasteiger partial charge is 0.355 e. The number of hydrogen-bond donors (Lipinski definition) is 1. The molecule has 1 aliphatic rings. The van der Waals surface area contributed by atoms with Crippen molar-refractivity contribution in [2.24, 2.45) is 0 Å². The number of anilines is 2. The second-order valence-electron chi connectivity index (χ2n) is 5.93. The summed E-state index contributed by atoms with van der Waals surface area (Å²) in [7, 11) is 3.67. The summed E-state index contributed by atoms with van der Waals surface area (Å²) in [6.07, 6.45) is 2.43. The molecule has 8 heteroatoms. The number of nitriles is 1. The van der Waals surface area contributed by atoms with E-state index < -0.39 is 0 Å². The van der Waals surface area contributed by atoms with Crippen LogP contribution >= 0.6 is 11.6 Å². The topological polar surface area (TPSA) is 88.9 Å². The quantitative estimate of drug-likeness (QED) is 0.912. The van der Waals surface area contributed by atoms with Gasteiger partial charge < -0.3 is 9.80 Å². The maximum atomic E-state index is 11.9. The molecule has 1 aliphatic heterocycles. The molecule has 1 unspecified atom stereocenters. The maximum Gasteiger partial charge on any atom is 0.252 e. The Morgan fingerprint density at radius 2 is 2.29 bits per heavy atom. The van der Waals surface area contributed by atoms with Gasteiger partial charge in [-0.1, -0.05) is 11.6 Å². The number of nitrogens with zero attached hydrogens (tertiary/aromatic N) is 5. The molecule has 3 heterocycles. The predicted molar refractivity (Wildman–Crippen MR) is 92.7 cm³/mol. The highest BCUT2D eigenvalue weighted by Crippen LogP contribution is 2.33. The fourth-order valence-electron chi connectivity index (χ4n) is 2.82. The number of rotatable bonds is 3. The molecule has 0 aromatic carbocycles. The zero-order valence-corrected chi connectivity index (χ0v) is 14.2. The highest BCUT2D eigenvalue weighted by Gasteiger charge is 2.28. The standard InChI is InChI=1S/C16H17ClN6O/c1-22(2)16-20-12(7-13(24)21-16)11-4-6-23(9-11)15-14(17)10(8-18)3-5-19-15/h3,5,7,11H,4,6,9H2,1-2H3,(H,20,21,24). The van der Waals surface area contributed by atoms with Crippen molar-refractivity contribution >= 4 is 23.4 Å². The van der Waals surface area contributed by atoms with Crippen molar-refractivity contribution in [1.82, 2.24) is 15.0 Å². The third-order valence-corrected chi connectivity index (χ3v) is 4.44. The minimum absolute atomic E-state index is 0.120. The third-order valence-electron chi connectivity index (χ3n) is 4.07. The molecular formula is C16H17ClN6O. The molecule has 1 N–H and O–H groups in total. The van der Waals surface area contributed by atoms with Crippen LogP contribution in [0.3, 0.4) is 0 Å². The first kappa shape index (κ1) is 16.3. The van der Waals surface area contributed by atoms with E-state index in [1.807, 2.05) is 19.0 Å². The van der Waals surface area contributed by atoms with Gasteiger partial charge in [0.25, 0.3) is 5.56 Å². The van der Waals surface area contributed by atoms with Crippen LogP contribution in [0.15, 0.2) is 23.1 Å². The van der Waals surface area contributed by atoms with E-state index in [2.05, 4.69) is 21.0 Å². The van der Waals surface area contributed by atoms with Gasteiger partial charge in [-0.25, -0.2) is 9.97 Å². The van der Waals surface area contributed by atoms with Crippen LogP contribution in [0, 0.1) is 11.3 Å². The molecule has 3 rings (SSSR count). The van der Waals surface area contributed by atoms with Gasteiger partial charge in [0, 0.05) is 45.4 Å². The summed E-state index contributed by atoms with van der Waals surface area (Å²) in [5.74, 6) is 1.27. The van der Waals surface area contributed by atoms with E-state index in [0.717, 1.165) is 18.7 Å². The Labute approximate surface area is 144 Å². The van der Waals surface area contributed by atoms with Crippen LogP contribution in [0.2, 0.25) is 5.02 Å². The van der Waals surface area contributed by atoms with E-state index in [4.69, 9.17) is 16.9 Å². The molecule has 0 saturated carbocycles. The fraction of sp³-hybridized carbons (Fsp3) is 0.375. The second-order valence-corrected chi connectivity index (χ2v) is 6.31. The molecule has 24 heavy (non-hydrogen) atoms. The van der Waals surface area contributed by atoms with Crippen molar-refractivity contribution in [3.8, 4) is 6.07 Å². The van der Waals surface area contributed by atoms with Crippen molar-refractivity contribution in [2.45, 2.75) is 12.3 Å². The SMILES string of the molecule is CN(C)c1nc(C2CCN(c3nccc(C#N)c3Cl)C2)cc(=O)[nH]1. The monoisotopic (exact) mass is 344 g/mol. The summed E-state index contributed by atoms with van der Waals surface area (Å²) < 4.78 is 0. The summed E-state index contributed by atoms with van der Waals surface area (Å²) in [4.78, 5) is 27.2. The molecule has 0 spiro atoms. The molecular weight excluding hydrogens is 328 g/mol. The van der Waals surface area contributed by atoms with Gasteiger partial charge in [-0.3, -0.25) is 9.78 Å². The lowest BCUT2D eigenvalue weighted by molar-refractivity contribution is 0.733. The lowest BCUT2D eigenvalue weighted by atomic mass is 10.1. The molecule has 1 saturated heterocycles. The molecule has 124 valence electrons. The first-order valence-corrected chi connectivity index (χ1v) is 7.95. The molecule has 0 aliphatic carbocycles. The van der Waals surface area contributed by atoms with Gasteiger partial charge in [-0.2, -0.15) is 5.26 Å². The lowest BCUT2D eigenvalue weighted by Crippen LogP contribution is -2.23. The predicted octanol–water partition coefficient (Wildman–Crippen LogP) is 1.75. The Hall–Kier alpha value is -2.59. The molecule has 0 radical (unpaired) electrons. The van der Waals surface area contributed by atoms with Crippen LogP contribution in [0.1, 0.15) is 23.6 Å². The fourth-order valence-corrected chi connectivity index (χ4v) is 3.09. The van der Waals surface area contributed by atoms with E-state index in [0.29, 0.717) is 28.9 Å². The van der Waals surface area contributed by atoms with Gasteiger partial charge in [-0.05, 0) is 12.5 Å². The highest BCUT2D eigenvalue weighted by molar-refractivity contribution is 6.34. The number of aromatic nitrogens is 3. The lowest BCUT2D eigenvalue weighted by Gasteiger charge is -2.19. The summed E-state index contributed by atoms with van der Waals surface area (Å²) in [5, 5.41) is 9.46. The summed E-state index contributed by atoms with van der Waals surface area (Å²) in [6, 6.07) is 5.21. The van der Waals surface area contributed by atoms with Crippen LogP contribution < -0.4 is 15.4 Å². The van der Waals surface area contributed by atoms with E-state index >= 15 is 0 Å². The molecule has 1 atom stereocenters. The van der Waals surface area contributed by atoms with Crippen LogP contribution in [0.25, 0.3) is 0 Å². The zero-order valence-electron chi connectivity index (χ0n) is 13.5. The van der Waals surface area contributed by atoms with E-state index in [-0.39, 0.29) is 11.5 Å². The normalized spacial score (nSPS) is 16.9. The third kappa shape index (κ3) is 3.05. The van der Waals surface area contributed by atoms with Crippen molar-refractivity contribution in [3.63, 3.8) is 0 Å². The van der Waals surface area contributed by atoms with Crippen LogP contribution in [0.4, 0.5) is 11.8 Å². The van der Waals surface area contributed by atoms with E-state index in [1.165, 1.54) is 0 Å². The van der Waals surface area contributed by atoms with Gasteiger partial charge >= 0.3 is 0 Å². The average molecular weight is 345 g/mol. The smallest absolute Gasteiger partial charge is 0.252 e. The Balaban J connectivity index is 1.87. The van der Waals surface area contributed by atoms with Crippen LogP contribution in [-0.4, -0.2) is 42.1 Å². The second kappa shape index (κ2) is 6.49. The number of H-pyrrole nitrogens is 1. The van der Waals surface area contributed by atoms with Gasteiger partial charge in [-0.15, -0.1) is 0 Å². The van der Waals surface area contributed by atoms with E-state index in [9.17, 15) is 4.79 Å². The maximum absolute atomic E-state index is 11.9. The number of hydrogen-bond acceptors (Lipinski definition) is 6. The van der Waals surface area contributed by atoms with Gasteiger partial charge in [0.1, 0.15) is 16.9 Å². The Bertz CT molecular complexity index is 856.